The minimum Gasteiger partial charge on any atom is -0.356 e. The van der Waals surface area contributed by atoms with Gasteiger partial charge in [0.15, 0.2) is 5.82 Å². The van der Waals surface area contributed by atoms with Gasteiger partial charge in [0.1, 0.15) is 11.5 Å². The van der Waals surface area contributed by atoms with E-state index in [2.05, 4.69) is 19.9 Å². The van der Waals surface area contributed by atoms with Crippen molar-refractivity contribution < 1.29 is 13.2 Å². The van der Waals surface area contributed by atoms with Gasteiger partial charge in [-0.3, -0.25) is 4.98 Å². The Morgan fingerprint density at radius 2 is 1.77 bits per heavy atom. The first-order valence-corrected chi connectivity index (χ1v) is 11.7. The molecule has 1 unspecified atom stereocenters. The Labute approximate surface area is 199 Å². The topological polar surface area (TPSA) is 70.6 Å². The molecule has 0 spiro atoms. The fourth-order valence-electron chi connectivity index (χ4n) is 5.00. The lowest BCUT2D eigenvalue weighted by Gasteiger charge is -2.30. The second-order valence-corrected chi connectivity index (χ2v) is 9.06. The van der Waals surface area contributed by atoms with Gasteiger partial charge in [-0.15, -0.1) is 0 Å². The van der Waals surface area contributed by atoms with Gasteiger partial charge in [0.25, 0.3) is 0 Å². The molecule has 0 bridgehead atoms. The Bertz CT molecular complexity index is 1550. The van der Waals surface area contributed by atoms with Crippen molar-refractivity contribution in [2.75, 3.05) is 18.0 Å². The van der Waals surface area contributed by atoms with Crippen LogP contribution < -0.4 is 4.90 Å². The third kappa shape index (κ3) is 3.66. The number of aromatic amines is 1. The molecule has 5 aromatic rings. The Morgan fingerprint density at radius 1 is 0.971 bits per heavy atom. The van der Waals surface area contributed by atoms with Gasteiger partial charge in [-0.25, -0.2) is 15.0 Å². The molecule has 1 fully saturated rings. The van der Waals surface area contributed by atoms with Gasteiger partial charge < -0.3 is 9.88 Å². The summed E-state index contributed by atoms with van der Waals surface area (Å²) in [4.78, 5) is 23.7. The van der Waals surface area contributed by atoms with Crippen LogP contribution in [0.4, 0.5) is 19.0 Å². The summed E-state index contributed by atoms with van der Waals surface area (Å²) in [5, 5.41) is 2.31. The van der Waals surface area contributed by atoms with Gasteiger partial charge in [-0.05, 0) is 43.9 Å². The van der Waals surface area contributed by atoms with Gasteiger partial charge in [0, 0.05) is 52.7 Å². The van der Waals surface area contributed by atoms with Crippen molar-refractivity contribution in [2.45, 2.75) is 38.3 Å². The predicted octanol–water partition coefficient (Wildman–Crippen LogP) is 6.38. The number of benzene rings is 1. The molecule has 1 aliphatic heterocycles. The standard InChI is InChI=1S/C26H23F3N6/c1-15(26(27,28)29)18-13-30-14-20-22(18)25(35-11-5-2-6-12-35)34-23(33-20)17-9-10-31-24-21(17)16-7-3-4-8-19(16)32-24/h3-4,7-10,13-15H,2,5-6,11-12H2,1H3,(H,31,32). The van der Waals surface area contributed by atoms with E-state index < -0.39 is 12.1 Å². The largest absolute Gasteiger partial charge is 0.395 e. The number of rotatable bonds is 3. The van der Waals surface area contributed by atoms with E-state index in [1.807, 2.05) is 30.3 Å². The summed E-state index contributed by atoms with van der Waals surface area (Å²) in [6, 6.07) is 9.76. The molecule has 9 heteroatoms. The Kier molecular flexibility index (Phi) is 5.09. The maximum Gasteiger partial charge on any atom is 0.395 e. The maximum atomic E-state index is 13.8. The molecule has 1 N–H and O–H groups in total. The van der Waals surface area contributed by atoms with E-state index >= 15 is 0 Å². The van der Waals surface area contributed by atoms with Crippen LogP contribution in [0.15, 0.2) is 48.9 Å². The van der Waals surface area contributed by atoms with E-state index in [9.17, 15) is 13.2 Å². The number of hydrogen-bond acceptors (Lipinski definition) is 5. The number of fused-ring (bicyclic) bond motifs is 4. The van der Waals surface area contributed by atoms with Crippen molar-refractivity contribution >= 4 is 38.7 Å². The summed E-state index contributed by atoms with van der Waals surface area (Å²) in [5.41, 5.74) is 2.96. The van der Waals surface area contributed by atoms with Gasteiger partial charge in [0.2, 0.25) is 0 Å². The van der Waals surface area contributed by atoms with Crippen LogP contribution in [0, 0.1) is 0 Å². The van der Waals surface area contributed by atoms with Crippen molar-refractivity contribution in [1.82, 2.24) is 24.9 Å². The summed E-state index contributed by atoms with van der Waals surface area (Å²) in [5.74, 6) is -0.685. The lowest BCUT2D eigenvalue weighted by molar-refractivity contribution is -0.146. The predicted molar refractivity (Wildman–Crippen MR) is 130 cm³/mol. The van der Waals surface area contributed by atoms with Crippen molar-refractivity contribution in [3.63, 3.8) is 0 Å². The minimum atomic E-state index is -4.39. The number of anilines is 1. The average molecular weight is 477 g/mol. The van der Waals surface area contributed by atoms with Crippen molar-refractivity contribution in [1.29, 1.82) is 0 Å². The maximum absolute atomic E-state index is 13.8. The molecule has 178 valence electrons. The van der Waals surface area contributed by atoms with Crippen LogP contribution in [0.3, 0.4) is 0 Å². The normalized spacial score (nSPS) is 15.8. The average Bonchev–Trinajstić information content (AvgIpc) is 3.26. The summed E-state index contributed by atoms with van der Waals surface area (Å²) in [6.07, 6.45) is 3.18. The Hall–Kier alpha value is -3.75. The van der Waals surface area contributed by atoms with Crippen LogP contribution >= 0.6 is 0 Å². The van der Waals surface area contributed by atoms with Crippen molar-refractivity contribution in [3.8, 4) is 11.4 Å². The van der Waals surface area contributed by atoms with E-state index in [0.717, 1.165) is 54.2 Å². The lowest BCUT2D eigenvalue weighted by atomic mass is 9.97. The van der Waals surface area contributed by atoms with Gasteiger partial charge in [0.05, 0.1) is 17.6 Å². The highest BCUT2D eigenvalue weighted by Crippen LogP contribution is 2.41. The second kappa shape index (κ2) is 8.18. The molecular formula is C26H23F3N6. The fraction of sp³-hybridized carbons (Fsp3) is 0.308. The van der Waals surface area contributed by atoms with Crippen LogP contribution in [0.2, 0.25) is 0 Å². The first kappa shape index (κ1) is 21.8. The second-order valence-electron chi connectivity index (χ2n) is 9.06. The number of aromatic nitrogens is 5. The SMILES string of the molecule is CC(c1cncc2nc(-c3ccnc4[nH]c5ccccc5c34)nc(N3CCCCC3)c12)C(F)(F)F. The van der Waals surface area contributed by atoms with Gasteiger partial charge >= 0.3 is 6.18 Å². The van der Waals surface area contributed by atoms with Gasteiger partial charge in [-0.2, -0.15) is 13.2 Å². The zero-order valence-electron chi connectivity index (χ0n) is 19.1. The quantitative estimate of drug-likeness (QED) is 0.327. The van der Waals surface area contributed by atoms with Crippen LogP contribution in [0.1, 0.15) is 37.7 Å². The minimum absolute atomic E-state index is 0.106. The molecule has 4 aromatic heterocycles. The highest BCUT2D eigenvalue weighted by Gasteiger charge is 2.39. The summed E-state index contributed by atoms with van der Waals surface area (Å²) < 4.78 is 41.3. The molecule has 6 nitrogen and oxygen atoms in total. The van der Waals surface area contributed by atoms with E-state index in [-0.39, 0.29) is 5.56 Å². The van der Waals surface area contributed by atoms with Crippen molar-refractivity contribution in [3.05, 3.63) is 54.5 Å². The molecular weight excluding hydrogens is 453 g/mol. The number of H-pyrrole nitrogens is 1. The van der Waals surface area contributed by atoms with Crippen LogP contribution in [0.5, 0.6) is 0 Å². The zero-order valence-corrected chi connectivity index (χ0v) is 19.1. The molecule has 1 aliphatic rings. The van der Waals surface area contributed by atoms with Gasteiger partial charge in [-0.1, -0.05) is 18.2 Å². The first-order valence-electron chi connectivity index (χ1n) is 11.7. The van der Waals surface area contributed by atoms with Crippen LogP contribution in [-0.4, -0.2) is 44.2 Å². The van der Waals surface area contributed by atoms with E-state index in [1.54, 1.807) is 6.20 Å². The molecule has 1 atom stereocenters. The number of alkyl halides is 3. The number of halogens is 3. The highest BCUT2D eigenvalue weighted by atomic mass is 19.4. The summed E-state index contributed by atoms with van der Waals surface area (Å²) in [7, 11) is 0. The van der Waals surface area contributed by atoms with E-state index in [0.29, 0.717) is 28.2 Å². The molecule has 0 radical (unpaired) electrons. The smallest absolute Gasteiger partial charge is 0.356 e. The summed E-state index contributed by atoms with van der Waals surface area (Å²) in [6.45, 7) is 2.65. The molecule has 0 amide bonds. The lowest BCUT2D eigenvalue weighted by Crippen LogP contribution is -2.31. The third-order valence-corrected chi connectivity index (χ3v) is 6.87. The molecule has 1 saturated heterocycles. The van der Waals surface area contributed by atoms with E-state index in [4.69, 9.17) is 9.97 Å². The number of hydrogen-bond donors (Lipinski definition) is 1. The number of nitrogens with zero attached hydrogens (tertiary/aromatic N) is 5. The third-order valence-electron chi connectivity index (χ3n) is 6.87. The number of pyridine rings is 2. The highest BCUT2D eigenvalue weighted by molar-refractivity contribution is 6.12. The number of nitrogens with one attached hydrogen (secondary N) is 1. The van der Waals surface area contributed by atoms with E-state index in [1.165, 1.54) is 19.3 Å². The number of piperidine rings is 1. The van der Waals surface area contributed by atoms with Crippen LogP contribution in [0.25, 0.3) is 44.2 Å². The molecule has 5 heterocycles. The molecule has 1 aromatic carbocycles. The van der Waals surface area contributed by atoms with Crippen molar-refractivity contribution in [2.24, 2.45) is 0 Å². The molecule has 0 saturated carbocycles. The Morgan fingerprint density at radius 3 is 2.57 bits per heavy atom. The fourth-order valence-corrected chi connectivity index (χ4v) is 5.00. The Balaban J connectivity index is 1.65. The molecule has 0 aliphatic carbocycles. The monoisotopic (exact) mass is 476 g/mol. The number of para-hydroxylation sites is 1. The van der Waals surface area contributed by atoms with Crippen LogP contribution in [-0.2, 0) is 0 Å². The molecule has 35 heavy (non-hydrogen) atoms. The zero-order chi connectivity index (χ0) is 24.2. The molecule has 6 rings (SSSR count). The summed E-state index contributed by atoms with van der Waals surface area (Å²) >= 11 is 0. The first-order chi connectivity index (χ1) is 16.9.